The van der Waals surface area contributed by atoms with E-state index in [9.17, 15) is 9.90 Å². The van der Waals surface area contributed by atoms with Gasteiger partial charge >= 0.3 is 0 Å². The van der Waals surface area contributed by atoms with Crippen molar-refractivity contribution >= 4 is 5.91 Å². The largest absolute Gasteiger partial charge is 0.392 e. The van der Waals surface area contributed by atoms with Gasteiger partial charge in [0.05, 0.1) is 6.10 Å². The van der Waals surface area contributed by atoms with E-state index in [0.717, 1.165) is 38.8 Å². The molecule has 0 radical (unpaired) electrons. The third kappa shape index (κ3) is 6.05. The van der Waals surface area contributed by atoms with Gasteiger partial charge in [-0.15, -0.1) is 0 Å². The molecule has 164 valence electrons. The number of aliphatic hydroxyl groups is 1. The Hall–Kier alpha value is -1.91. The number of hydrogen-bond donors (Lipinski definition) is 1. The molecule has 30 heavy (non-hydrogen) atoms. The number of aliphatic hydroxyl groups excluding tert-OH is 1. The molecular formula is C26H38N2O2. The fourth-order valence-corrected chi connectivity index (χ4v) is 5.03. The molecular weight excluding hydrogens is 372 g/mol. The van der Waals surface area contributed by atoms with Crippen LogP contribution in [0, 0.1) is 24.7 Å². The molecule has 1 amide bonds. The molecule has 1 saturated carbocycles. The van der Waals surface area contributed by atoms with E-state index in [1.807, 2.05) is 14.1 Å². The van der Waals surface area contributed by atoms with E-state index in [4.69, 9.17) is 0 Å². The molecule has 2 aliphatic rings. The molecule has 0 saturated heterocycles. The summed E-state index contributed by atoms with van der Waals surface area (Å²) in [6.07, 6.45) is 11.3. The minimum Gasteiger partial charge on any atom is -0.392 e. The molecule has 0 spiro atoms. The van der Waals surface area contributed by atoms with Crippen molar-refractivity contribution in [3.05, 3.63) is 59.2 Å². The van der Waals surface area contributed by atoms with Gasteiger partial charge in [-0.2, -0.15) is 0 Å². The van der Waals surface area contributed by atoms with Crippen LogP contribution in [0.15, 0.2) is 48.1 Å². The van der Waals surface area contributed by atoms with E-state index < -0.39 is 0 Å². The van der Waals surface area contributed by atoms with Gasteiger partial charge in [-0.1, -0.05) is 53.6 Å². The van der Waals surface area contributed by atoms with E-state index in [-0.39, 0.29) is 17.9 Å². The number of likely N-dealkylation sites (N-methyl/N-ethyl adjacent to an activating group) is 1. The number of allylic oxidation sites excluding steroid dienone is 2. The first-order chi connectivity index (χ1) is 14.3. The highest BCUT2D eigenvalue weighted by Crippen LogP contribution is 2.47. The SMILES string of the molecule is Cc1cccc(CC/C=C/[C@@H]2[C@H]3CC(CN(C)CCC(=O)N(C)C)=C[C@H]3C[C@H]2O)c1. The van der Waals surface area contributed by atoms with Gasteiger partial charge in [-0.05, 0) is 57.1 Å². The van der Waals surface area contributed by atoms with Gasteiger partial charge in [0.25, 0.3) is 0 Å². The van der Waals surface area contributed by atoms with E-state index in [1.165, 1.54) is 16.7 Å². The maximum absolute atomic E-state index is 11.8. The molecule has 3 rings (SSSR count). The second-order valence-electron chi connectivity index (χ2n) is 9.47. The van der Waals surface area contributed by atoms with Crippen LogP contribution in [-0.2, 0) is 11.2 Å². The van der Waals surface area contributed by atoms with Crippen molar-refractivity contribution < 1.29 is 9.90 Å². The summed E-state index contributed by atoms with van der Waals surface area (Å²) >= 11 is 0. The first-order valence-corrected chi connectivity index (χ1v) is 11.3. The molecule has 0 aliphatic heterocycles. The van der Waals surface area contributed by atoms with Crippen LogP contribution in [-0.4, -0.2) is 61.2 Å². The van der Waals surface area contributed by atoms with Crippen LogP contribution in [0.1, 0.15) is 36.8 Å². The van der Waals surface area contributed by atoms with Gasteiger partial charge in [0.1, 0.15) is 0 Å². The highest BCUT2D eigenvalue weighted by molar-refractivity contribution is 5.75. The van der Waals surface area contributed by atoms with Crippen molar-refractivity contribution in [2.24, 2.45) is 17.8 Å². The molecule has 1 N–H and O–H groups in total. The zero-order valence-electron chi connectivity index (χ0n) is 19.1. The summed E-state index contributed by atoms with van der Waals surface area (Å²) in [6.45, 7) is 3.85. The monoisotopic (exact) mass is 410 g/mol. The summed E-state index contributed by atoms with van der Waals surface area (Å²) in [4.78, 5) is 15.7. The summed E-state index contributed by atoms with van der Waals surface area (Å²) in [7, 11) is 5.71. The lowest BCUT2D eigenvalue weighted by Gasteiger charge is -2.21. The number of aryl methyl sites for hydroxylation is 2. The third-order valence-corrected chi connectivity index (χ3v) is 6.67. The molecule has 0 unspecified atom stereocenters. The Bertz CT molecular complexity index is 783. The molecule has 0 bridgehead atoms. The highest BCUT2D eigenvalue weighted by Gasteiger charge is 2.43. The standard InChI is InChI=1S/C26H38N2O2/c1-19-8-7-10-20(14-19)9-5-6-11-23-24-16-21(15-22(24)17-25(23)29)18-28(4)13-12-26(30)27(2)3/h6-8,10-11,14-15,22-25,29H,5,9,12-13,16-18H2,1-4H3/b11-6+/t22-,23+,24-,25+/m0/s1. The van der Waals surface area contributed by atoms with Crippen LogP contribution in [0.5, 0.6) is 0 Å². The van der Waals surface area contributed by atoms with Crippen LogP contribution in [0.3, 0.4) is 0 Å². The number of benzene rings is 1. The average Bonchev–Trinajstić information content (AvgIpc) is 3.19. The van der Waals surface area contributed by atoms with E-state index in [0.29, 0.717) is 18.3 Å². The van der Waals surface area contributed by atoms with Gasteiger partial charge in [-0.25, -0.2) is 0 Å². The Kier molecular flexibility index (Phi) is 7.90. The Balaban J connectivity index is 1.47. The molecule has 0 aromatic heterocycles. The number of carbonyl (C=O) groups excluding carboxylic acids is 1. The average molecular weight is 411 g/mol. The first kappa shape index (κ1) is 22.8. The van der Waals surface area contributed by atoms with Crippen molar-refractivity contribution in [2.75, 3.05) is 34.2 Å². The van der Waals surface area contributed by atoms with E-state index >= 15 is 0 Å². The number of hydrogen-bond acceptors (Lipinski definition) is 3. The topological polar surface area (TPSA) is 43.8 Å². The molecule has 1 aromatic rings. The minimum atomic E-state index is -0.219. The minimum absolute atomic E-state index is 0.179. The lowest BCUT2D eigenvalue weighted by atomic mass is 9.89. The van der Waals surface area contributed by atoms with Crippen molar-refractivity contribution in [3.8, 4) is 0 Å². The number of carbonyl (C=O) groups is 1. The van der Waals surface area contributed by atoms with Crippen LogP contribution in [0.25, 0.3) is 0 Å². The molecule has 2 aliphatic carbocycles. The second kappa shape index (κ2) is 10.4. The summed E-state index contributed by atoms with van der Waals surface area (Å²) in [5.41, 5.74) is 4.16. The van der Waals surface area contributed by atoms with Crippen LogP contribution < -0.4 is 0 Å². The second-order valence-corrected chi connectivity index (χ2v) is 9.47. The van der Waals surface area contributed by atoms with Gasteiger partial charge in [-0.3, -0.25) is 4.79 Å². The summed E-state index contributed by atoms with van der Waals surface area (Å²) in [5, 5.41) is 10.6. The predicted molar refractivity (Wildman–Crippen MR) is 123 cm³/mol. The van der Waals surface area contributed by atoms with Crippen molar-refractivity contribution in [2.45, 2.75) is 45.1 Å². The maximum atomic E-state index is 11.8. The summed E-state index contributed by atoms with van der Waals surface area (Å²) < 4.78 is 0. The molecule has 1 fully saturated rings. The summed E-state index contributed by atoms with van der Waals surface area (Å²) in [6, 6.07) is 8.70. The van der Waals surface area contributed by atoms with Crippen LogP contribution >= 0.6 is 0 Å². The van der Waals surface area contributed by atoms with Gasteiger partial charge in [0.2, 0.25) is 5.91 Å². The van der Waals surface area contributed by atoms with Gasteiger partial charge in [0.15, 0.2) is 0 Å². The first-order valence-electron chi connectivity index (χ1n) is 11.3. The normalized spacial score (nSPS) is 25.7. The highest BCUT2D eigenvalue weighted by atomic mass is 16.3. The third-order valence-electron chi connectivity index (χ3n) is 6.67. The molecule has 0 heterocycles. The Morgan fingerprint density at radius 2 is 2.07 bits per heavy atom. The van der Waals surface area contributed by atoms with Gasteiger partial charge in [0, 0.05) is 39.5 Å². The molecule has 1 aromatic carbocycles. The Morgan fingerprint density at radius 1 is 1.27 bits per heavy atom. The number of fused-ring (bicyclic) bond motifs is 1. The lowest BCUT2D eigenvalue weighted by molar-refractivity contribution is -0.128. The Morgan fingerprint density at radius 3 is 2.80 bits per heavy atom. The van der Waals surface area contributed by atoms with Crippen LogP contribution in [0.2, 0.25) is 0 Å². The van der Waals surface area contributed by atoms with E-state index in [2.05, 4.69) is 61.4 Å². The van der Waals surface area contributed by atoms with Gasteiger partial charge < -0.3 is 14.9 Å². The van der Waals surface area contributed by atoms with Crippen molar-refractivity contribution in [3.63, 3.8) is 0 Å². The zero-order chi connectivity index (χ0) is 21.7. The van der Waals surface area contributed by atoms with Crippen molar-refractivity contribution in [1.29, 1.82) is 0 Å². The number of rotatable bonds is 9. The van der Waals surface area contributed by atoms with E-state index in [1.54, 1.807) is 4.90 Å². The smallest absolute Gasteiger partial charge is 0.223 e. The quantitative estimate of drug-likeness (QED) is 0.629. The molecule has 4 heteroatoms. The number of nitrogens with zero attached hydrogens (tertiary/aromatic N) is 2. The number of amides is 1. The molecule has 4 nitrogen and oxygen atoms in total. The van der Waals surface area contributed by atoms with Crippen molar-refractivity contribution in [1.82, 2.24) is 9.80 Å². The predicted octanol–water partition coefficient (Wildman–Crippen LogP) is 3.84. The summed E-state index contributed by atoms with van der Waals surface area (Å²) in [5.74, 6) is 1.47. The molecule has 4 atom stereocenters. The Labute approximate surface area is 182 Å². The lowest BCUT2D eigenvalue weighted by Crippen LogP contribution is -2.29. The maximum Gasteiger partial charge on any atom is 0.223 e. The fraction of sp³-hybridized carbons (Fsp3) is 0.577. The zero-order valence-corrected chi connectivity index (χ0v) is 19.1. The van der Waals surface area contributed by atoms with Crippen LogP contribution in [0.4, 0.5) is 0 Å². The fourth-order valence-electron chi connectivity index (χ4n) is 5.03.